The van der Waals surface area contributed by atoms with Crippen LogP contribution >= 0.6 is 0 Å². The van der Waals surface area contributed by atoms with Gasteiger partial charge in [0.2, 0.25) is 0 Å². The normalized spacial score (nSPS) is 25.6. The van der Waals surface area contributed by atoms with Crippen LogP contribution in [0.3, 0.4) is 0 Å². The van der Waals surface area contributed by atoms with Crippen LogP contribution in [0, 0.1) is 30.7 Å². The van der Waals surface area contributed by atoms with Crippen LogP contribution in [0.2, 0.25) is 0 Å². The molecule has 0 amide bonds. The molecular formula is C11H12N. The van der Waals surface area contributed by atoms with Gasteiger partial charge in [-0.2, -0.15) is 0 Å². The second-order valence-electron chi connectivity index (χ2n) is 3.24. The van der Waals surface area contributed by atoms with Crippen molar-refractivity contribution in [1.82, 2.24) is 4.90 Å². The molecule has 0 N–H and O–H groups in total. The van der Waals surface area contributed by atoms with Gasteiger partial charge in [-0.25, -0.2) is 0 Å². The number of hydrogen-bond donors (Lipinski definition) is 0. The topological polar surface area (TPSA) is 3.24 Å². The fourth-order valence-electron chi connectivity index (χ4n) is 1.39. The zero-order valence-electron chi connectivity index (χ0n) is 7.41. The van der Waals surface area contributed by atoms with Crippen LogP contribution in [0.4, 0.5) is 0 Å². The largest absolute Gasteiger partial charge is 0.301 e. The molecule has 12 heavy (non-hydrogen) atoms. The molecule has 5 radical (unpaired) electrons. The Morgan fingerprint density at radius 3 is 1.83 bits per heavy atom. The third-order valence-electron chi connectivity index (χ3n) is 2.12. The molecule has 0 aliphatic heterocycles. The van der Waals surface area contributed by atoms with E-state index in [1.807, 2.05) is 0 Å². The van der Waals surface area contributed by atoms with Crippen molar-refractivity contribution in [3.05, 3.63) is 55.0 Å². The lowest BCUT2D eigenvalue weighted by molar-refractivity contribution is 0.462. The molecule has 0 saturated heterocycles. The van der Waals surface area contributed by atoms with Crippen LogP contribution in [0.25, 0.3) is 0 Å². The standard InChI is InChI=1S/C11H12N/c1-12(2)11-7-9-5-3-4-6-10(9)8-11/h3-8H,1-2H3. The number of allylic oxidation sites excluding steroid dienone is 4. The van der Waals surface area contributed by atoms with Gasteiger partial charge in [0.15, 0.2) is 0 Å². The quantitative estimate of drug-likeness (QED) is 0.562. The molecule has 0 spiro atoms. The van der Waals surface area contributed by atoms with Gasteiger partial charge >= 0.3 is 0 Å². The van der Waals surface area contributed by atoms with Gasteiger partial charge in [0.25, 0.3) is 0 Å². The van der Waals surface area contributed by atoms with Crippen molar-refractivity contribution in [2.45, 2.75) is 0 Å². The van der Waals surface area contributed by atoms with Crippen LogP contribution in [0.1, 0.15) is 0 Å². The highest BCUT2D eigenvalue weighted by Crippen LogP contribution is 2.43. The molecule has 61 valence electrons. The van der Waals surface area contributed by atoms with Crippen molar-refractivity contribution in [3.8, 4) is 0 Å². The maximum absolute atomic E-state index is 2.20. The monoisotopic (exact) mass is 158 g/mol. The van der Waals surface area contributed by atoms with Gasteiger partial charge in [-0.05, 0) is 26.9 Å². The predicted octanol–water partition coefficient (Wildman–Crippen LogP) is 1.78. The Hall–Kier alpha value is -0.560. The molecule has 1 heteroatoms. The molecule has 0 unspecified atom stereocenters. The van der Waals surface area contributed by atoms with Crippen molar-refractivity contribution in [1.29, 1.82) is 0 Å². The number of rotatable bonds is 1. The van der Waals surface area contributed by atoms with Crippen molar-refractivity contribution in [3.63, 3.8) is 0 Å². The zero-order valence-corrected chi connectivity index (χ0v) is 7.41. The lowest BCUT2D eigenvalue weighted by Crippen LogP contribution is -2.17. The second kappa shape index (κ2) is 3.06. The molecule has 2 aliphatic rings. The molecule has 0 aromatic rings. The summed E-state index contributed by atoms with van der Waals surface area (Å²) in [5, 5.41) is 0. The average molecular weight is 158 g/mol. The van der Waals surface area contributed by atoms with Crippen molar-refractivity contribution >= 4 is 0 Å². The summed E-state index contributed by atoms with van der Waals surface area (Å²) in [6.45, 7) is 0. The highest BCUT2D eigenvalue weighted by atomic mass is 15.1. The van der Waals surface area contributed by atoms with Gasteiger partial charge < -0.3 is 4.90 Å². The minimum absolute atomic E-state index is 1.27. The van der Waals surface area contributed by atoms with E-state index in [1.54, 1.807) is 0 Å². The molecule has 0 heterocycles. The maximum atomic E-state index is 2.20. The summed E-state index contributed by atoms with van der Waals surface area (Å²) in [7, 11) is 4.13. The minimum Gasteiger partial charge on any atom is -0.301 e. The molecule has 2 rings (SSSR count). The molecule has 1 fully saturated rings. The second-order valence-corrected chi connectivity index (χ2v) is 3.24. The first kappa shape index (κ1) is 8.06. The summed E-state index contributed by atoms with van der Waals surface area (Å²) in [6, 6.07) is 1.27. The first-order chi connectivity index (χ1) is 5.77. The average Bonchev–Trinajstić information content (AvgIpc) is 2.46. The summed E-state index contributed by atoms with van der Waals surface area (Å²) in [4.78, 5) is 2.12. The Morgan fingerprint density at radius 2 is 1.42 bits per heavy atom. The molecule has 0 atom stereocenters. The third-order valence-corrected chi connectivity index (χ3v) is 2.12. The van der Waals surface area contributed by atoms with Crippen LogP contribution < -0.4 is 0 Å². The third kappa shape index (κ3) is 1.34. The van der Waals surface area contributed by atoms with Gasteiger partial charge in [-0.15, -0.1) is 0 Å². The summed E-state index contributed by atoms with van der Waals surface area (Å²) < 4.78 is 0. The summed E-state index contributed by atoms with van der Waals surface area (Å²) in [5.74, 6) is 2.64. The molecule has 2 aliphatic carbocycles. The summed E-state index contributed by atoms with van der Waals surface area (Å²) in [5.41, 5.74) is 0. The van der Waals surface area contributed by atoms with E-state index in [-0.39, 0.29) is 0 Å². The van der Waals surface area contributed by atoms with Crippen LogP contribution in [0.15, 0.2) is 24.3 Å². The smallest absolute Gasteiger partial charge is 0.0474 e. The molecule has 1 saturated carbocycles. The summed E-state index contributed by atoms with van der Waals surface area (Å²) >= 11 is 0. The van der Waals surface area contributed by atoms with Gasteiger partial charge in [-0.1, -0.05) is 24.3 Å². The Labute approximate surface area is 74.8 Å². The highest BCUT2D eigenvalue weighted by Gasteiger charge is 2.35. The van der Waals surface area contributed by atoms with Crippen molar-refractivity contribution in [2.75, 3.05) is 14.1 Å². The van der Waals surface area contributed by atoms with E-state index in [0.717, 1.165) is 0 Å². The predicted molar refractivity (Wildman–Crippen MR) is 50.3 cm³/mol. The Balaban J connectivity index is 2.05. The van der Waals surface area contributed by atoms with E-state index in [0.29, 0.717) is 0 Å². The van der Waals surface area contributed by atoms with Gasteiger partial charge in [0, 0.05) is 17.9 Å². The first-order valence-electron chi connectivity index (χ1n) is 4.10. The fraction of sp³-hybridized carbons (Fsp3) is 0.182. The Morgan fingerprint density at radius 1 is 0.917 bits per heavy atom. The number of hydrogen-bond acceptors (Lipinski definition) is 1. The number of nitrogens with zero attached hydrogens (tertiary/aromatic N) is 1. The first-order valence-corrected chi connectivity index (χ1v) is 4.10. The van der Waals surface area contributed by atoms with Gasteiger partial charge in [0.1, 0.15) is 0 Å². The molecule has 0 aromatic heterocycles. The molecular weight excluding hydrogens is 146 g/mol. The Kier molecular flexibility index (Phi) is 2.05. The van der Waals surface area contributed by atoms with Crippen LogP contribution in [-0.4, -0.2) is 19.0 Å². The van der Waals surface area contributed by atoms with Gasteiger partial charge in [0.05, 0.1) is 0 Å². The van der Waals surface area contributed by atoms with Gasteiger partial charge in [-0.3, -0.25) is 0 Å². The number of fused-ring (bicyclic) bond motifs is 1. The van der Waals surface area contributed by atoms with Crippen LogP contribution in [-0.2, 0) is 0 Å². The highest BCUT2D eigenvalue weighted by molar-refractivity contribution is 5.60. The van der Waals surface area contributed by atoms with Crippen LogP contribution in [0.5, 0.6) is 0 Å². The van der Waals surface area contributed by atoms with Crippen molar-refractivity contribution in [2.24, 2.45) is 0 Å². The molecule has 1 nitrogen and oxygen atoms in total. The summed E-state index contributed by atoms with van der Waals surface area (Å²) in [6.07, 6.45) is 12.8. The maximum Gasteiger partial charge on any atom is 0.0474 e. The van der Waals surface area contributed by atoms with E-state index >= 15 is 0 Å². The lowest BCUT2D eigenvalue weighted by atomic mass is 9.92. The molecule has 0 aromatic carbocycles. The fourth-order valence-corrected chi connectivity index (χ4v) is 1.39. The van der Waals surface area contributed by atoms with Crippen molar-refractivity contribution < 1.29 is 0 Å². The molecule has 0 bridgehead atoms. The minimum atomic E-state index is 1.27. The van der Waals surface area contributed by atoms with E-state index < -0.39 is 0 Å². The zero-order chi connectivity index (χ0) is 8.55. The SMILES string of the molecule is CN(C)[C]1[CH][C]2C=CC=C[C]2[CH]1. The van der Waals surface area contributed by atoms with E-state index in [2.05, 4.69) is 56.1 Å². The van der Waals surface area contributed by atoms with E-state index in [4.69, 9.17) is 0 Å². The lowest BCUT2D eigenvalue weighted by Gasteiger charge is -2.16. The van der Waals surface area contributed by atoms with E-state index in [1.165, 1.54) is 17.9 Å². The van der Waals surface area contributed by atoms with E-state index in [9.17, 15) is 0 Å². The Bertz CT molecular complexity index is 195.